The Hall–Kier alpha value is -1.49. The molecule has 30 heavy (non-hydrogen) atoms. The predicted molar refractivity (Wildman–Crippen MR) is 118 cm³/mol. The summed E-state index contributed by atoms with van der Waals surface area (Å²) in [5.41, 5.74) is 0.514. The van der Waals surface area contributed by atoms with Crippen LogP contribution < -0.4 is 13.1 Å². The zero-order chi connectivity index (χ0) is 21.3. The van der Waals surface area contributed by atoms with Crippen molar-refractivity contribution in [1.82, 2.24) is 5.32 Å². The van der Waals surface area contributed by atoms with Gasteiger partial charge >= 0.3 is 183 Å². The zero-order valence-electron chi connectivity index (χ0n) is 16.7. The monoisotopic (exact) mass is 533 g/mol. The first-order chi connectivity index (χ1) is 14.3. The van der Waals surface area contributed by atoms with Crippen LogP contribution in [0.3, 0.4) is 0 Å². The van der Waals surface area contributed by atoms with E-state index in [1.807, 2.05) is 0 Å². The maximum absolute atomic E-state index is 13.4. The van der Waals surface area contributed by atoms with E-state index in [2.05, 4.69) is 5.32 Å². The number of nitrogens with one attached hydrogen (secondary N) is 1. The number of hydrogen-bond acceptors (Lipinski definition) is 5. The fourth-order valence-electron chi connectivity index (χ4n) is 3.78. The first-order valence-electron chi connectivity index (χ1n) is 9.99. The van der Waals surface area contributed by atoms with E-state index >= 15 is 0 Å². The van der Waals surface area contributed by atoms with E-state index in [1.165, 1.54) is 24.3 Å². The van der Waals surface area contributed by atoms with Crippen molar-refractivity contribution in [2.24, 2.45) is 0 Å². The van der Waals surface area contributed by atoms with Crippen molar-refractivity contribution in [2.45, 2.75) is 42.0 Å². The van der Waals surface area contributed by atoms with Crippen LogP contribution in [0.1, 0.15) is 24.5 Å². The van der Waals surface area contributed by atoms with E-state index in [-0.39, 0.29) is 18.2 Å². The molecule has 164 valence electrons. The van der Waals surface area contributed by atoms with E-state index in [1.54, 1.807) is 19.1 Å². The number of aryl methyl sites for hydroxylation is 2. The van der Waals surface area contributed by atoms with Crippen molar-refractivity contribution >= 4 is 20.2 Å². The van der Waals surface area contributed by atoms with Crippen LogP contribution >= 0.6 is 20.2 Å². The Morgan fingerprint density at radius 1 is 1.13 bits per heavy atom. The molecule has 2 aromatic carbocycles. The topological polar surface area (TPSA) is 71.0 Å². The summed E-state index contributed by atoms with van der Waals surface area (Å²) < 4.78 is 38.7. The maximum atomic E-state index is 13.4. The second-order valence-electron chi connectivity index (χ2n) is 7.94. The molecule has 0 aliphatic carbocycles. The normalized spacial score (nSPS) is 22.2. The molecule has 5 nitrogen and oxygen atoms in total. The Labute approximate surface area is 182 Å². The molecular weight excluding hydrogens is 507 g/mol. The molecule has 2 heterocycles. The summed E-state index contributed by atoms with van der Waals surface area (Å²) in [4.78, 5) is 0. The molecule has 0 aromatic heterocycles. The minimum absolute atomic E-state index is 0.247. The van der Waals surface area contributed by atoms with Crippen LogP contribution in [0.15, 0.2) is 36.4 Å². The van der Waals surface area contributed by atoms with Gasteiger partial charge in [-0.1, -0.05) is 0 Å². The van der Waals surface area contributed by atoms with Crippen LogP contribution in [0, 0.1) is 11.6 Å². The Morgan fingerprint density at radius 3 is 2.53 bits per heavy atom. The number of aliphatic hydroxyl groups is 2. The molecule has 8 heteroatoms. The van der Waals surface area contributed by atoms with Gasteiger partial charge in [0.15, 0.2) is 0 Å². The van der Waals surface area contributed by atoms with E-state index < -0.39 is 36.0 Å². The minimum atomic E-state index is -2.12. The van der Waals surface area contributed by atoms with Crippen LogP contribution in [-0.2, 0) is 12.8 Å². The molecule has 3 unspecified atom stereocenters. The van der Waals surface area contributed by atoms with Gasteiger partial charge in [-0.15, -0.1) is 0 Å². The Balaban J connectivity index is 1.28. The predicted octanol–water partition coefficient (Wildman–Crippen LogP) is 3.37. The SMILES string of the molecule is CC(O)(CNCC(O)I1CCc2cc(F)ccc2O1)C1CCc2cc(F)ccc2O1. The van der Waals surface area contributed by atoms with Gasteiger partial charge in [0, 0.05) is 0 Å². The molecule has 3 N–H and O–H groups in total. The van der Waals surface area contributed by atoms with Crippen molar-refractivity contribution in [3.63, 3.8) is 0 Å². The van der Waals surface area contributed by atoms with E-state index in [0.717, 1.165) is 15.6 Å². The van der Waals surface area contributed by atoms with Gasteiger partial charge in [0.25, 0.3) is 0 Å². The summed E-state index contributed by atoms with van der Waals surface area (Å²) >= 11 is -2.12. The molecule has 0 saturated carbocycles. The third kappa shape index (κ3) is 4.87. The fraction of sp³-hybridized carbons (Fsp3) is 0.455. The summed E-state index contributed by atoms with van der Waals surface area (Å²) in [7, 11) is 0. The molecule has 3 atom stereocenters. The van der Waals surface area contributed by atoms with Gasteiger partial charge in [0.05, 0.1) is 0 Å². The summed E-state index contributed by atoms with van der Waals surface area (Å²) in [6.45, 7) is 2.26. The van der Waals surface area contributed by atoms with Crippen molar-refractivity contribution in [1.29, 1.82) is 0 Å². The van der Waals surface area contributed by atoms with E-state index in [9.17, 15) is 19.0 Å². The van der Waals surface area contributed by atoms with E-state index in [4.69, 9.17) is 7.80 Å². The van der Waals surface area contributed by atoms with Crippen LogP contribution in [0.5, 0.6) is 11.5 Å². The first-order valence-corrected chi connectivity index (χ1v) is 13.6. The van der Waals surface area contributed by atoms with Crippen molar-refractivity contribution in [3.05, 3.63) is 59.2 Å². The number of hydrogen-bond donors (Lipinski definition) is 3. The summed E-state index contributed by atoms with van der Waals surface area (Å²) in [5.74, 6) is 0.707. The molecule has 0 radical (unpaired) electrons. The van der Waals surface area contributed by atoms with Crippen LogP contribution in [0.25, 0.3) is 0 Å². The molecule has 4 rings (SSSR count). The third-order valence-corrected chi connectivity index (χ3v) is 10.2. The van der Waals surface area contributed by atoms with Gasteiger partial charge in [-0.2, -0.15) is 0 Å². The van der Waals surface area contributed by atoms with Crippen LogP contribution in [0.4, 0.5) is 8.78 Å². The van der Waals surface area contributed by atoms with Gasteiger partial charge in [-0.3, -0.25) is 0 Å². The standard InChI is InChI=1S/C22H26F2INO4/c1-22(28,20-7-2-14-10-16(23)3-5-18(14)29-20)13-26-12-21(27)25-9-8-15-11-17(24)4-6-19(15)30-25/h3-6,10-11,20-21,26-28H,2,7-9,12-13H2,1H3. The first kappa shape index (κ1) is 21.7. The number of aliphatic hydroxyl groups excluding tert-OH is 1. The molecule has 2 aliphatic rings. The molecule has 0 amide bonds. The third-order valence-electron chi connectivity index (χ3n) is 5.49. The quantitative estimate of drug-likeness (QED) is 0.393. The van der Waals surface area contributed by atoms with Crippen LogP contribution in [-0.4, -0.2) is 43.5 Å². The van der Waals surface area contributed by atoms with E-state index in [0.29, 0.717) is 37.3 Å². The Morgan fingerprint density at radius 2 is 1.80 bits per heavy atom. The van der Waals surface area contributed by atoms with Crippen molar-refractivity contribution in [3.8, 4) is 11.5 Å². The number of alkyl halides is 2. The number of halogens is 3. The molecule has 0 spiro atoms. The van der Waals surface area contributed by atoms with Gasteiger partial charge in [0.1, 0.15) is 0 Å². The van der Waals surface area contributed by atoms with Gasteiger partial charge in [0.2, 0.25) is 0 Å². The molecular formula is C22H26F2INO4. The summed E-state index contributed by atoms with van der Waals surface area (Å²) in [5, 5.41) is 24.6. The zero-order valence-corrected chi connectivity index (χ0v) is 18.9. The molecule has 0 bridgehead atoms. The van der Waals surface area contributed by atoms with Gasteiger partial charge in [-0.25, -0.2) is 0 Å². The number of ether oxygens (including phenoxy) is 1. The number of fused-ring (bicyclic) bond motifs is 2. The molecule has 0 saturated heterocycles. The summed E-state index contributed by atoms with van der Waals surface area (Å²) in [6.07, 6.45) is 1.51. The molecule has 2 aromatic rings. The Kier molecular flexibility index (Phi) is 6.47. The van der Waals surface area contributed by atoms with Crippen LogP contribution in [0.2, 0.25) is 0 Å². The second-order valence-corrected chi connectivity index (χ2v) is 12.9. The average molecular weight is 533 g/mol. The fourth-order valence-corrected chi connectivity index (χ4v) is 7.96. The van der Waals surface area contributed by atoms with Gasteiger partial charge in [-0.05, 0) is 0 Å². The Bertz CT molecular complexity index is 911. The average Bonchev–Trinajstić information content (AvgIpc) is 2.72. The van der Waals surface area contributed by atoms with Crippen molar-refractivity contribution in [2.75, 3.05) is 17.5 Å². The molecule has 0 fully saturated rings. The molecule has 2 aliphatic heterocycles. The summed E-state index contributed by atoms with van der Waals surface area (Å²) in [6, 6.07) is 8.91. The van der Waals surface area contributed by atoms with Gasteiger partial charge < -0.3 is 0 Å². The second kappa shape index (κ2) is 8.94. The number of rotatable bonds is 6. The number of benzene rings is 2. The van der Waals surface area contributed by atoms with Crippen molar-refractivity contribution < 1.29 is 26.8 Å².